The highest BCUT2D eigenvalue weighted by atomic mass is 16.3. The maximum atomic E-state index is 9.35. The number of benzene rings is 8. The molecule has 1 heteroatoms. The van der Waals surface area contributed by atoms with E-state index < -0.39 is 66.5 Å². The molecule has 0 aliphatic rings. The first-order valence-electron chi connectivity index (χ1n) is 18.7. The average molecular weight is 532 g/mol. The minimum Gasteiger partial charge on any atom is -0.456 e. The molecule has 190 valence electrons. The van der Waals surface area contributed by atoms with Gasteiger partial charge < -0.3 is 4.42 Å². The first kappa shape index (κ1) is 14.3. The summed E-state index contributed by atoms with van der Waals surface area (Å²) in [4.78, 5) is 0. The van der Waals surface area contributed by atoms with Gasteiger partial charge in [-0.05, 0) is 102 Å². The van der Waals surface area contributed by atoms with Crippen LogP contribution in [0.4, 0.5) is 0 Å². The van der Waals surface area contributed by atoms with Gasteiger partial charge in [0.2, 0.25) is 0 Å². The predicted octanol–water partition coefficient (Wildman–Crippen LogP) is 11.5. The van der Waals surface area contributed by atoms with Crippen LogP contribution in [0.25, 0.3) is 87.3 Å². The molecule has 1 nitrogen and oxygen atoms in total. The molecule has 0 fully saturated rings. The molecule has 0 saturated heterocycles. The summed E-state index contributed by atoms with van der Waals surface area (Å²) in [6.07, 6.45) is 0. The van der Waals surface area contributed by atoms with Crippen LogP contribution in [0.1, 0.15) is 15.1 Å². The third kappa shape index (κ3) is 3.43. The van der Waals surface area contributed by atoms with Crippen molar-refractivity contribution >= 4 is 65.0 Å². The van der Waals surface area contributed by atoms with Gasteiger partial charge in [-0.3, -0.25) is 0 Å². The van der Waals surface area contributed by atoms with Crippen LogP contribution in [0.2, 0.25) is 0 Å². The summed E-state index contributed by atoms with van der Waals surface area (Å²) in [6.45, 7) is 0. The molecule has 0 atom stereocenters. The van der Waals surface area contributed by atoms with Crippen LogP contribution < -0.4 is 0 Å². The zero-order valence-electron chi connectivity index (χ0n) is 32.4. The molecule has 1 heterocycles. The topological polar surface area (TPSA) is 13.1 Å². The van der Waals surface area contributed by atoms with Crippen LogP contribution in [0.3, 0.4) is 0 Å². The normalized spacial score (nSPS) is 15.7. The van der Waals surface area contributed by atoms with Crippen molar-refractivity contribution in [1.82, 2.24) is 0 Å². The lowest BCUT2D eigenvalue weighted by Gasteiger charge is -2.14. The summed E-state index contributed by atoms with van der Waals surface area (Å²) < 4.78 is 103. The maximum absolute atomic E-state index is 9.35. The van der Waals surface area contributed by atoms with E-state index >= 15 is 0 Å². The Morgan fingerprint density at radius 2 is 1.20 bits per heavy atom. The lowest BCUT2D eigenvalue weighted by atomic mass is 9.89. The molecule has 0 amide bonds. The van der Waals surface area contributed by atoms with E-state index in [2.05, 4.69) is 12.1 Å². The summed E-state index contributed by atoms with van der Waals surface area (Å²) in [7, 11) is 0. The number of furan rings is 1. The van der Waals surface area contributed by atoms with E-state index in [1.54, 1.807) is 18.2 Å². The van der Waals surface area contributed by atoms with Crippen molar-refractivity contribution in [3.05, 3.63) is 145 Å². The Balaban J connectivity index is 1.45. The molecular weight excluding hydrogens is 496 g/mol. The molecule has 0 bridgehead atoms. The lowest BCUT2D eigenvalue weighted by Crippen LogP contribution is -1.87. The fourth-order valence-electron chi connectivity index (χ4n) is 5.84. The quantitative estimate of drug-likeness (QED) is 0.160. The van der Waals surface area contributed by atoms with E-state index in [-0.39, 0.29) is 37.9 Å². The van der Waals surface area contributed by atoms with Gasteiger partial charge in [0, 0.05) is 10.8 Å². The number of hydrogen-bond donors (Lipinski definition) is 0. The zero-order chi connectivity index (χ0) is 36.5. The van der Waals surface area contributed by atoms with Gasteiger partial charge in [-0.1, -0.05) is 109 Å². The Hall–Kier alpha value is -5.40. The molecular formula is C40H24O. The fraction of sp³-hybridized carbons (Fsp3) is 0. The monoisotopic (exact) mass is 531 g/mol. The largest absolute Gasteiger partial charge is 0.456 e. The van der Waals surface area contributed by atoms with Crippen molar-refractivity contribution in [3.8, 4) is 22.3 Å². The van der Waals surface area contributed by atoms with Crippen LogP contribution in [0.15, 0.2) is 150 Å². The van der Waals surface area contributed by atoms with Gasteiger partial charge in [0.25, 0.3) is 0 Å². The minimum atomic E-state index is -0.583. The summed E-state index contributed by atoms with van der Waals surface area (Å²) in [5.74, 6) is 0. The maximum Gasteiger partial charge on any atom is 0.136 e. The Kier molecular flexibility index (Phi) is 2.98. The van der Waals surface area contributed by atoms with Crippen molar-refractivity contribution in [2.24, 2.45) is 0 Å². The Morgan fingerprint density at radius 3 is 2.10 bits per heavy atom. The highest BCUT2D eigenvalue weighted by molar-refractivity contribution is 6.21. The SMILES string of the molecule is [2H]c1c([2H])c([2H])c2c([2H])c3c(c([2H])c([2H])c4c([2H])c([2H])c([2H])c([2H])c43)c(-c3ccc4oc5cc6ccc(-c7ccccc7)cc6cc5c4c3)c2c1[2H]. The number of rotatable bonds is 2. The second-order valence-corrected chi connectivity index (χ2v) is 10.1. The number of hydrogen-bond acceptors (Lipinski definition) is 1. The smallest absolute Gasteiger partial charge is 0.136 e. The molecule has 0 unspecified atom stereocenters. The van der Waals surface area contributed by atoms with Crippen LogP contribution in [-0.2, 0) is 0 Å². The van der Waals surface area contributed by atoms with Gasteiger partial charge in [-0.25, -0.2) is 0 Å². The molecule has 9 aromatic rings. The molecule has 41 heavy (non-hydrogen) atoms. The summed E-state index contributed by atoms with van der Waals surface area (Å²) in [5.41, 5.74) is 3.87. The second kappa shape index (κ2) is 8.55. The van der Waals surface area contributed by atoms with Crippen molar-refractivity contribution in [3.63, 3.8) is 0 Å². The van der Waals surface area contributed by atoms with E-state index in [9.17, 15) is 2.74 Å². The molecule has 8 aromatic carbocycles. The third-order valence-electron chi connectivity index (χ3n) is 7.76. The highest BCUT2D eigenvalue weighted by Gasteiger charge is 2.15. The van der Waals surface area contributed by atoms with Crippen molar-refractivity contribution in [2.45, 2.75) is 0 Å². The van der Waals surface area contributed by atoms with Crippen molar-refractivity contribution in [1.29, 1.82) is 0 Å². The molecule has 0 aliphatic heterocycles. The van der Waals surface area contributed by atoms with Crippen LogP contribution >= 0.6 is 0 Å². The third-order valence-corrected chi connectivity index (χ3v) is 7.76. The van der Waals surface area contributed by atoms with E-state index in [4.69, 9.17) is 16.8 Å². The molecule has 0 saturated carbocycles. The molecule has 9 rings (SSSR count). The average Bonchev–Trinajstić information content (AvgIpc) is 3.51. The molecule has 1 aromatic heterocycles. The van der Waals surface area contributed by atoms with Gasteiger partial charge in [0.15, 0.2) is 0 Å². The fourth-order valence-corrected chi connectivity index (χ4v) is 5.84. The van der Waals surface area contributed by atoms with Crippen molar-refractivity contribution < 1.29 is 19.5 Å². The van der Waals surface area contributed by atoms with Gasteiger partial charge in [0.05, 0.1) is 15.1 Å². The van der Waals surface area contributed by atoms with Gasteiger partial charge >= 0.3 is 0 Å². The first-order chi connectivity index (χ1) is 24.9. The molecule has 0 aliphatic carbocycles. The molecule has 0 N–H and O–H groups in total. The van der Waals surface area contributed by atoms with E-state index in [1.807, 2.05) is 48.5 Å². The minimum absolute atomic E-state index is 0.0184. The van der Waals surface area contributed by atoms with E-state index in [0.717, 1.165) is 27.3 Å². The summed E-state index contributed by atoms with van der Waals surface area (Å²) in [5, 5.41) is 2.74. The van der Waals surface area contributed by atoms with E-state index in [0.29, 0.717) is 22.1 Å². The second-order valence-electron chi connectivity index (χ2n) is 10.1. The standard InChI is InChI=1S/C40H24O/c1-2-8-25(9-3-1)27-14-15-28-24-39-37(23-31(28)20-27)36-22-30(17-19-38(36)41-39)40-33-13-7-5-11-29(33)21-35-32-12-6-4-10-26(32)16-18-34(35)40/h1-24H/i4D,5D,6D,7D,10D,11D,12D,13D,16D,18D,21D. The molecule has 0 spiro atoms. The van der Waals surface area contributed by atoms with Crippen molar-refractivity contribution in [2.75, 3.05) is 0 Å². The van der Waals surface area contributed by atoms with Gasteiger partial charge in [-0.2, -0.15) is 0 Å². The lowest BCUT2D eigenvalue weighted by molar-refractivity contribution is 0.669. The van der Waals surface area contributed by atoms with E-state index in [1.165, 1.54) is 0 Å². The van der Waals surface area contributed by atoms with Gasteiger partial charge in [-0.15, -0.1) is 0 Å². The van der Waals surface area contributed by atoms with Crippen LogP contribution in [0, 0.1) is 0 Å². The first-order valence-corrected chi connectivity index (χ1v) is 13.2. The predicted molar refractivity (Wildman–Crippen MR) is 175 cm³/mol. The summed E-state index contributed by atoms with van der Waals surface area (Å²) >= 11 is 0. The number of fused-ring (bicyclic) bond motifs is 8. The Labute approximate surface area is 252 Å². The summed E-state index contributed by atoms with van der Waals surface area (Å²) in [6, 6.07) is 19.9. The molecule has 0 radical (unpaired) electrons. The van der Waals surface area contributed by atoms with Crippen LogP contribution in [0.5, 0.6) is 0 Å². The Bertz CT molecular complexity index is 3080. The zero-order valence-corrected chi connectivity index (χ0v) is 21.4. The highest BCUT2D eigenvalue weighted by Crippen LogP contribution is 2.42. The van der Waals surface area contributed by atoms with Crippen LogP contribution in [-0.4, -0.2) is 0 Å². The van der Waals surface area contributed by atoms with Gasteiger partial charge in [0.1, 0.15) is 11.2 Å². The Morgan fingerprint density at radius 1 is 0.415 bits per heavy atom.